The summed E-state index contributed by atoms with van der Waals surface area (Å²) in [5.41, 5.74) is 10.3. The number of nitrogen functional groups attached to an aromatic ring is 1. The molecule has 0 bridgehead atoms. The summed E-state index contributed by atoms with van der Waals surface area (Å²) in [6.07, 6.45) is 0. The number of hydrogen-bond donors (Lipinski definition) is 2. The van der Waals surface area contributed by atoms with Crippen molar-refractivity contribution in [2.24, 2.45) is 0 Å². The van der Waals surface area contributed by atoms with Crippen LogP contribution in [0, 0.1) is 20.8 Å². The molecule has 3 N–H and O–H groups in total. The van der Waals surface area contributed by atoms with Gasteiger partial charge in [-0.3, -0.25) is 4.79 Å². The van der Waals surface area contributed by atoms with Crippen molar-refractivity contribution in [2.75, 3.05) is 11.1 Å². The molecule has 3 rings (SSSR count). The highest BCUT2D eigenvalue weighted by Crippen LogP contribution is 2.21. The zero-order chi connectivity index (χ0) is 18.7. The number of carbonyl (C=O) groups excluding carboxylic acids is 1. The van der Waals surface area contributed by atoms with Crippen molar-refractivity contribution in [3.05, 3.63) is 70.6 Å². The first-order valence-corrected chi connectivity index (χ1v) is 8.26. The predicted molar refractivity (Wildman–Crippen MR) is 100 cm³/mol. The average molecular weight is 351 g/mol. The van der Waals surface area contributed by atoms with Crippen LogP contribution in [0.5, 0.6) is 5.75 Å². The molecule has 0 radical (unpaired) electrons. The Balaban J connectivity index is 1.65. The number of nitrogens with zero attached hydrogens (tertiary/aromatic N) is 1. The summed E-state index contributed by atoms with van der Waals surface area (Å²) in [5, 5.41) is 6.78. The van der Waals surface area contributed by atoms with E-state index in [2.05, 4.69) is 10.5 Å². The van der Waals surface area contributed by atoms with Gasteiger partial charge in [0.15, 0.2) is 0 Å². The van der Waals surface area contributed by atoms with Crippen LogP contribution in [-0.2, 0) is 6.61 Å². The second-order valence-corrected chi connectivity index (χ2v) is 6.14. The maximum atomic E-state index is 12.4. The monoisotopic (exact) mass is 351 g/mol. The number of rotatable bonds is 5. The minimum Gasteiger partial charge on any atom is -0.489 e. The Bertz CT molecular complexity index is 910. The summed E-state index contributed by atoms with van der Waals surface area (Å²) < 4.78 is 10.9. The molecule has 0 spiro atoms. The largest absolute Gasteiger partial charge is 0.489 e. The van der Waals surface area contributed by atoms with E-state index in [9.17, 15) is 4.79 Å². The van der Waals surface area contributed by atoms with Gasteiger partial charge in [0.1, 0.15) is 18.1 Å². The lowest BCUT2D eigenvalue weighted by Crippen LogP contribution is -2.13. The quantitative estimate of drug-likeness (QED) is 0.678. The highest BCUT2D eigenvalue weighted by Gasteiger charge is 2.11. The van der Waals surface area contributed by atoms with Gasteiger partial charge < -0.3 is 20.3 Å². The first kappa shape index (κ1) is 17.5. The Morgan fingerprint density at radius 2 is 1.88 bits per heavy atom. The fourth-order valence-corrected chi connectivity index (χ4v) is 2.53. The van der Waals surface area contributed by atoms with Crippen LogP contribution in [0.15, 0.2) is 47.0 Å². The van der Waals surface area contributed by atoms with Crippen LogP contribution in [-0.4, -0.2) is 11.1 Å². The van der Waals surface area contributed by atoms with E-state index in [1.54, 1.807) is 36.4 Å². The molecular weight excluding hydrogens is 330 g/mol. The second kappa shape index (κ2) is 7.31. The van der Waals surface area contributed by atoms with Crippen LogP contribution in [0.2, 0.25) is 0 Å². The number of aryl methyl sites for hydroxylation is 3. The molecule has 6 nitrogen and oxygen atoms in total. The molecule has 1 amide bonds. The van der Waals surface area contributed by atoms with Crippen molar-refractivity contribution < 1.29 is 14.1 Å². The molecule has 0 saturated carbocycles. The van der Waals surface area contributed by atoms with Crippen molar-refractivity contribution in [1.82, 2.24) is 5.16 Å². The van der Waals surface area contributed by atoms with Crippen LogP contribution >= 0.6 is 0 Å². The summed E-state index contributed by atoms with van der Waals surface area (Å²) in [4.78, 5) is 12.4. The molecule has 0 aliphatic carbocycles. The number of nitrogens with two attached hydrogens (primary N) is 1. The van der Waals surface area contributed by atoms with E-state index >= 15 is 0 Å². The normalized spacial score (nSPS) is 10.6. The number of hydrogen-bond acceptors (Lipinski definition) is 5. The second-order valence-electron chi connectivity index (χ2n) is 6.14. The third-order valence-electron chi connectivity index (χ3n) is 4.19. The molecule has 0 saturated heterocycles. The standard InChI is InChI=1S/C20H21N3O3/c1-12-4-7-16(21)10-19(12)22-20(24)15-5-8-17(9-6-15)25-11-18-13(2)23-26-14(18)3/h4-10H,11,21H2,1-3H3,(H,22,24). The van der Waals surface area contributed by atoms with Gasteiger partial charge in [0.05, 0.1) is 11.3 Å². The Hall–Kier alpha value is -3.28. The van der Waals surface area contributed by atoms with E-state index < -0.39 is 0 Å². The molecule has 0 aliphatic rings. The highest BCUT2D eigenvalue weighted by atomic mass is 16.5. The SMILES string of the molecule is Cc1ccc(N)cc1NC(=O)c1ccc(OCc2c(C)noc2C)cc1. The minimum atomic E-state index is -0.198. The average Bonchev–Trinajstić information content (AvgIpc) is 2.95. The molecular formula is C20H21N3O3. The lowest BCUT2D eigenvalue weighted by Gasteiger charge is -2.10. The molecule has 0 unspecified atom stereocenters. The summed E-state index contributed by atoms with van der Waals surface area (Å²) >= 11 is 0. The Morgan fingerprint density at radius 3 is 2.54 bits per heavy atom. The molecule has 1 heterocycles. The molecule has 26 heavy (non-hydrogen) atoms. The molecule has 0 fully saturated rings. The third kappa shape index (κ3) is 3.85. The fraction of sp³-hybridized carbons (Fsp3) is 0.200. The van der Waals surface area contributed by atoms with Gasteiger partial charge in [0.2, 0.25) is 0 Å². The Kier molecular flexibility index (Phi) is 4.93. The van der Waals surface area contributed by atoms with Crippen LogP contribution in [0.1, 0.15) is 32.9 Å². The van der Waals surface area contributed by atoms with Gasteiger partial charge in [0, 0.05) is 16.9 Å². The third-order valence-corrected chi connectivity index (χ3v) is 4.19. The molecule has 2 aromatic carbocycles. The number of benzene rings is 2. The lowest BCUT2D eigenvalue weighted by molar-refractivity contribution is 0.102. The zero-order valence-electron chi connectivity index (χ0n) is 15.0. The number of nitrogens with one attached hydrogen (secondary N) is 1. The Morgan fingerprint density at radius 1 is 1.15 bits per heavy atom. The van der Waals surface area contributed by atoms with Crippen LogP contribution < -0.4 is 15.8 Å². The van der Waals surface area contributed by atoms with Gasteiger partial charge >= 0.3 is 0 Å². The van der Waals surface area contributed by atoms with Gasteiger partial charge in [-0.05, 0) is 62.7 Å². The molecule has 0 atom stereocenters. The number of anilines is 2. The molecule has 0 aliphatic heterocycles. The van der Waals surface area contributed by atoms with E-state index in [4.69, 9.17) is 15.0 Å². The summed E-state index contributed by atoms with van der Waals surface area (Å²) in [6.45, 7) is 6.02. The van der Waals surface area contributed by atoms with Crippen molar-refractivity contribution in [3.8, 4) is 5.75 Å². The number of amides is 1. The van der Waals surface area contributed by atoms with Gasteiger partial charge in [-0.25, -0.2) is 0 Å². The summed E-state index contributed by atoms with van der Waals surface area (Å²) in [7, 11) is 0. The van der Waals surface area contributed by atoms with Crippen molar-refractivity contribution in [3.63, 3.8) is 0 Å². The van der Waals surface area contributed by atoms with Crippen LogP contribution in [0.4, 0.5) is 11.4 Å². The van der Waals surface area contributed by atoms with Gasteiger partial charge in [-0.1, -0.05) is 11.2 Å². The molecule has 6 heteroatoms. The van der Waals surface area contributed by atoms with Gasteiger partial charge in [-0.2, -0.15) is 0 Å². The van der Waals surface area contributed by atoms with Crippen molar-refractivity contribution in [2.45, 2.75) is 27.4 Å². The topological polar surface area (TPSA) is 90.4 Å². The molecule has 3 aromatic rings. The van der Waals surface area contributed by atoms with Gasteiger partial charge in [0.25, 0.3) is 5.91 Å². The van der Waals surface area contributed by atoms with Gasteiger partial charge in [-0.15, -0.1) is 0 Å². The van der Waals surface area contributed by atoms with E-state index in [0.29, 0.717) is 29.3 Å². The van der Waals surface area contributed by atoms with Crippen LogP contribution in [0.3, 0.4) is 0 Å². The van der Waals surface area contributed by atoms with E-state index in [0.717, 1.165) is 22.6 Å². The smallest absolute Gasteiger partial charge is 0.255 e. The van der Waals surface area contributed by atoms with E-state index in [1.807, 2.05) is 26.8 Å². The summed E-state index contributed by atoms with van der Waals surface area (Å²) in [5.74, 6) is 1.22. The maximum Gasteiger partial charge on any atom is 0.255 e. The fourth-order valence-electron chi connectivity index (χ4n) is 2.53. The molecule has 1 aromatic heterocycles. The minimum absolute atomic E-state index is 0.198. The number of carbonyl (C=O) groups is 1. The van der Waals surface area contributed by atoms with Crippen molar-refractivity contribution in [1.29, 1.82) is 0 Å². The highest BCUT2D eigenvalue weighted by molar-refractivity contribution is 6.04. The predicted octanol–water partition coefficient (Wildman–Crippen LogP) is 4.01. The number of ether oxygens (including phenoxy) is 1. The summed E-state index contributed by atoms with van der Waals surface area (Å²) in [6, 6.07) is 12.4. The first-order valence-electron chi connectivity index (χ1n) is 8.26. The number of aromatic nitrogens is 1. The zero-order valence-corrected chi connectivity index (χ0v) is 15.0. The Labute approximate surface area is 152 Å². The van der Waals surface area contributed by atoms with Crippen molar-refractivity contribution >= 4 is 17.3 Å². The lowest BCUT2D eigenvalue weighted by atomic mass is 10.1. The van der Waals surface area contributed by atoms with E-state index in [-0.39, 0.29) is 5.91 Å². The first-order chi connectivity index (χ1) is 12.4. The van der Waals surface area contributed by atoms with Crippen LogP contribution in [0.25, 0.3) is 0 Å². The maximum absolute atomic E-state index is 12.4. The molecule has 134 valence electrons. The van der Waals surface area contributed by atoms with E-state index in [1.165, 1.54) is 0 Å².